The Hall–Kier alpha value is -2.09. The van der Waals surface area contributed by atoms with Crippen LogP contribution in [0.5, 0.6) is 5.88 Å². The van der Waals surface area contributed by atoms with Crippen LogP contribution in [-0.2, 0) is 18.9 Å². The fourth-order valence-corrected chi connectivity index (χ4v) is 2.28. The third kappa shape index (κ3) is 3.03. The number of pyridine rings is 1. The van der Waals surface area contributed by atoms with E-state index in [1.165, 1.54) is 7.11 Å². The first kappa shape index (κ1) is 17.3. The highest BCUT2D eigenvalue weighted by Gasteiger charge is 2.51. The zero-order valence-electron chi connectivity index (χ0n) is 14.2. The van der Waals surface area contributed by atoms with Crippen molar-refractivity contribution >= 4 is 24.7 Å². The maximum absolute atomic E-state index is 12.5. The molecule has 2 rings (SSSR count). The summed E-state index contributed by atoms with van der Waals surface area (Å²) in [4.78, 5) is 30.9. The molecule has 1 aromatic rings. The maximum atomic E-state index is 12.5. The van der Waals surface area contributed by atoms with Gasteiger partial charge in [-0.05, 0) is 40.8 Å². The first-order valence-corrected chi connectivity index (χ1v) is 7.27. The summed E-state index contributed by atoms with van der Waals surface area (Å²) in [7, 11) is 1.95. The highest BCUT2D eigenvalue weighted by Crippen LogP contribution is 2.28. The van der Waals surface area contributed by atoms with Crippen molar-refractivity contribution in [3.63, 3.8) is 0 Å². The summed E-state index contributed by atoms with van der Waals surface area (Å²) in [6.07, 6.45) is 0. The molecule has 0 N–H and O–H groups in total. The molecule has 0 atom stereocenters. The van der Waals surface area contributed by atoms with E-state index in [0.29, 0.717) is 11.5 Å². The van der Waals surface area contributed by atoms with E-state index in [-0.39, 0.29) is 0 Å². The molecule has 0 spiro atoms. The normalized spacial score (nSPS) is 21.0. The van der Waals surface area contributed by atoms with Gasteiger partial charge in [0.2, 0.25) is 5.88 Å². The first-order valence-electron chi connectivity index (χ1n) is 7.27. The molecule has 7 nitrogen and oxygen atoms in total. The van der Waals surface area contributed by atoms with Gasteiger partial charge in [0.15, 0.2) is 0 Å². The molecule has 2 heterocycles. The number of ether oxygens (including phenoxy) is 1. The van der Waals surface area contributed by atoms with Gasteiger partial charge in [0.05, 0.1) is 7.11 Å². The molecule has 0 aliphatic carbocycles. The number of methoxy groups -OCH3 is 1. The number of hydrogen-bond acceptors (Lipinski definition) is 7. The standard InChI is InChI=1S/C15H21BN2O5/c1-14(2)12(19)22-16(10-8-7-9-11(17-10)21-6)23-13(20)15(3,4)18(14)5/h7-9H,1-6H3. The number of hydrogen-bond donors (Lipinski definition) is 0. The largest absolute Gasteiger partial charge is 0.656 e. The Morgan fingerprint density at radius 2 is 1.61 bits per heavy atom. The number of carbonyl (C=O) groups is 2. The van der Waals surface area contributed by atoms with Crippen molar-refractivity contribution in [2.45, 2.75) is 38.8 Å². The van der Waals surface area contributed by atoms with Gasteiger partial charge in [-0.25, -0.2) is 4.98 Å². The number of carbonyl (C=O) groups excluding carboxylic acids is 2. The number of aromatic nitrogens is 1. The van der Waals surface area contributed by atoms with Crippen molar-refractivity contribution in [1.29, 1.82) is 0 Å². The zero-order valence-corrected chi connectivity index (χ0v) is 14.2. The quantitative estimate of drug-likeness (QED) is 0.729. The number of likely N-dealkylation sites (N-methyl/N-ethyl adjacent to an activating group) is 1. The highest BCUT2D eigenvalue weighted by atomic mass is 16.6. The molecule has 0 aromatic carbocycles. The summed E-state index contributed by atoms with van der Waals surface area (Å²) >= 11 is 0. The molecule has 1 aliphatic heterocycles. The highest BCUT2D eigenvalue weighted by molar-refractivity contribution is 6.63. The second-order valence-electron chi connectivity index (χ2n) is 6.42. The van der Waals surface area contributed by atoms with Crippen molar-refractivity contribution in [3.8, 4) is 5.88 Å². The summed E-state index contributed by atoms with van der Waals surface area (Å²) in [6, 6.07) is 4.95. The molecule has 0 radical (unpaired) electrons. The lowest BCUT2D eigenvalue weighted by atomic mass is 9.81. The van der Waals surface area contributed by atoms with Crippen molar-refractivity contribution in [1.82, 2.24) is 9.88 Å². The topological polar surface area (TPSA) is 78.0 Å². The van der Waals surface area contributed by atoms with Crippen LogP contribution in [0.2, 0.25) is 0 Å². The SMILES string of the molecule is COc1cccc(B2OC(=O)C(C)(C)N(C)C(C)(C)C(=O)O2)n1. The van der Waals surface area contributed by atoms with Gasteiger partial charge in [-0.2, -0.15) is 0 Å². The Morgan fingerprint density at radius 1 is 1.09 bits per heavy atom. The lowest BCUT2D eigenvalue weighted by molar-refractivity contribution is -0.165. The van der Waals surface area contributed by atoms with Crippen LogP contribution >= 0.6 is 0 Å². The zero-order chi connectivity index (χ0) is 17.4. The second-order valence-corrected chi connectivity index (χ2v) is 6.42. The van der Waals surface area contributed by atoms with Crippen molar-refractivity contribution in [2.75, 3.05) is 14.2 Å². The van der Waals surface area contributed by atoms with Crippen LogP contribution in [0.15, 0.2) is 18.2 Å². The fourth-order valence-electron chi connectivity index (χ4n) is 2.28. The van der Waals surface area contributed by atoms with Gasteiger partial charge in [0, 0.05) is 6.07 Å². The van der Waals surface area contributed by atoms with Crippen LogP contribution in [0.25, 0.3) is 0 Å². The monoisotopic (exact) mass is 320 g/mol. The van der Waals surface area contributed by atoms with E-state index in [1.807, 2.05) is 0 Å². The smallest absolute Gasteiger partial charge is 0.493 e. The van der Waals surface area contributed by atoms with Crippen LogP contribution < -0.4 is 10.3 Å². The lowest BCUT2D eigenvalue weighted by Gasteiger charge is -2.45. The number of rotatable bonds is 2. The van der Waals surface area contributed by atoms with Gasteiger partial charge < -0.3 is 14.0 Å². The van der Waals surface area contributed by atoms with Crippen LogP contribution in [0.3, 0.4) is 0 Å². The average molecular weight is 320 g/mol. The molecular weight excluding hydrogens is 299 g/mol. The average Bonchev–Trinajstić information content (AvgIpc) is 2.52. The van der Waals surface area contributed by atoms with Gasteiger partial charge in [-0.1, -0.05) is 6.07 Å². The summed E-state index contributed by atoms with van der Waals surface area (Å²) in [5, 5.41) is 0. The predicted octanol–water partition coefficient (Wildman–Crippen LogP) is 0.374. The van der Waals surface area contributed by atoms with E-state index >= 15 is 0 Å². The predicted molar refractivity (Wildman–Crippen MR) is 84.3 cm³/mol. The molecule has 1 aromatic heterocycles. The maximum Gasteiger partial charge on any atom is 0.656 e. The molecule has 23 heavy (non-hydrogen) atoms. The molecule has 1 aliphatic rings. The molecule has 0 amide bonds. The minimum Gasteiger partial charge on any atom is -0.493 e. The minimum atomic E-state index is -1.21. The van der Waals surface area contributed by atoms with E-state index in [1.54, 1.807) is 57.8 Å². The van der Waals surface area contributed by atoms with Gasteiger partial charge >= 0.3 is 19.1 Å². The van der Waals surface area contributed by atoms with Gasteiger partial charge in [-0.3, -0.25) is 14.5 Å². The van der Waals surface area contributed by atoms with Gasteiger partial charge in [0.25, 0.3) is 0 Å². The lowest BCUT2D eigenvalue weighted by Crippen LogP contribution is -2.65. The molecule has 0 bridgehead atoms. The van der Waals surface area contributed by atoms with E-state index in [9.17, 15) is 9.59 Å². The van der Waals surface area contributed by atoms with Crippen LogP contribution in [0.1, 0.15) is 27.7 Å². The fraction of sp³-hybridized carbons (Fsp3) is 0.533. The first-order chi connectivity index (χ1) is 10.6. The Bertz CT molecular complexity index is 602. The van der Waals surface area contributed by atoms with Crippen LogP contribution in [-0.4, -0.2) is 54.2 Å². The van der Waals surface area contributed by atoms with Crippen molar-refractivity contribution < 1.29 is 23.6 Å². The minimum absolute atomic E-state index is 0.294. The Labute approximate surface area is 136 Å². The van der Waals surface area contributed by atoms with Crippen LogP contribution in [0, 0.1) is 0 Å². The molecule has 124 valence electrons. The van der Waals surface area contributed by atoms with Gasteiger partial charge in [0.1, 0.15) is 16.7 Å². The molecule has 0 saturated carbocycles. The molecule has 1 saturated heterocycles. The summed E-state index contributed by atoms with van der Waals surface area (Å²) < 4.78 is 15.8. The van der Waals surface area contributed by atoms with E-state index < -0.39 is 30.1 Å². The number of nitrogens with zero attached hydrogens (tertiary/aromatic N) is 2. The van der Waals surface area contributed by atoms with E-state index in [0.717, 1.165) is 0 Å². The summed E-state index contributed by atoms with van der Waals surface area (Å²) in [5.74, 6) is -0.669. The summed E-state index contributed by atoms with van der Waals surface area (Å²) in [5.41, 5.74) is -1.71. The van der Waals surface area contributed by atoms with E-state index in [4.69, 9.17) is 14.0 Å². The molecule has 1 fully saturated rings. The molecule has 8 heteroatoms. The third-order valence-electron chi connectivity index (χ3n) is 4.30. The van der Waals surface area contributed by atoms with Crippen LogP contribution in [0.4, 0.5) is 0 Å². The van der Waals surface area contributed by atoms with Gasteiger partial charge in [-0.15, -0.1) is 0 Å². The van der Waals surface area contributed by atoms with Crippen molar-refractivity contribution in [2.24, 2.45) is 0 Å². The van der Waals surface area contributed by atoms with E-state index in [2.05, 4.69) is 4.98 Å². The Kier molecular flexibility index (Phi) is 4.39. The molecular formula is C15H21BN2O5. The summed E-state index contributed by atoms with van der Waals surface area (Å²) in [6.45, 7) is 6.80. The second kappa shape index (κ2) is 5.84. The Balaban J connectivity index is 2.43. The van der Waals surface area contributed by atoms with Crippen molar-refractivity contribution in [3.05, 3.63) is 18.2 Å². The third-order valence-corrected chi connectivity index (χ3v) is 4.30. The Morgan fingerprint density at radius 3 is 2.09 bits per heavy atom. The molecule has 0 unspecified atom stereocenters.